The summed E-state index contributed by atoms with van der Waals surface area (Å²) >= 11 is 0. The van der Waals surface area contributed by atoms with Crippen LogP contribution in [-0.4, -0.2) is 32.6 Å². The first kappa shape index (κ1) is 15.8. The van der Waals surface area contributed by atoms with Crippen LogP contribution in [0.4, 0.5) is 17.2 Å². The smallest absolute Gasteiger partial charge is 0.254 e. The molecule has 22 heavy (non-hydrogen) atoms. The maximum atomic E-state index is 11.9. The van der Waals surface area contributed by atoms with Crippen molar-refractivity contribution in [2.24, 2.45) is 0 Å². The molecule has 0 radical (unpaired) electrons. The summed E-state index contributed by atoms with van der Waals surface area (Å²) in [5.74, 6) is -0.140. The molecule has 0 spiro atoms. The molecule has 0 fully saturated rings. The zero-order valence-electron chi connectivity index (χ0n) is 12.1. The van der Waals surface area contributed by atoms with E-state index in [4.69, 9.17) is 5.73 Å². The van der Waals surface area contributed by atoms with Crippen molar-refractivity contribution in [3.63, 3.8) is 0 Å². The van der Waals surface area contributed by atoms with Gasteiger partial charge in [-0.1, -0.05) is 12.1 Å². The lowest BCUT2D eigenvalue weighted by Crippen LogP contribution is -2.20. The molecule has 116 valence electrons. The van der Waals surface area contributed by atoms with E-state index in [0.29, 0.717) is 11.4 Å². The highest BCUT2D eigenvalue weighted by Crippen LogP contribution is 2.27. The molecular formula is C14H16N4O3S. The van der Waals surface area contributed by atoms with Gasteiger partial charge in [-0.3, -0.25) is 4.79 Å². The molecule has 0 saturated heterocycles. The van der Waals surface area contributed by atoms with Crippen LogP contribution in [0.1, 0.15) is 10.4 Å². The first-order valence-electron chi connectivity index (χ1n) is 6.36. The van der Waals surface area contributed by atoms with E-state index in [1.165, 1.54) is 25.4 Å². The molecule has 0 bridgehead atoms. The normalized spacial score (nSPS) is 11.0. The quantitative estimate of drug-likeness (QED) is 0.779. The number of nitrogens with one attached hydrogen (secondary N) is 2. The second-order valence-electron chi connectivity index (χ2n) is 4.63. The fourth-order valence-electron chi connectivity index (χ4n) is 1.93. The van der Waals surface area contributed by atoms with Crippen molar-refractivity contribution in [3.8, 4) is 0 Å². The van der Waals surface area contributed by atoms with Crippen LogP contribution in [0.5, 0.6) is 0 Å². The van der Waals surface area contributed by atoms with Gasteiger partial charge in [0.15, 0.2) is 9.84 Å². The van der Waals surface area contributed by atoms with Crippen LogP contribution in [-0.2, 0) is 9.84 Å². The molecule has 0 saturated carbocycles. The van der Waals surface area contributed by atoms with Crippen molar-refractivity contribution in [2.45, 2.75) is 4.90 Å². The highest BCUT2D eigenvalue weighted by Gasteiger charge is 2.16. The molecule has 0 atom stereocenters. The van der Waals surface area contributed by atoms with Crippen LogP contribution in [0.3, 0.4) is 0 Å². The lowest BCUT2D eigenvalue weighted by Gasteiger charge is -2.14. The van der Waals surface area contributed by atoms with Gasteiger partial charge >= 0.3 is 0 Å². The number of rotatable bonds is 4. The van der Waals surface area contributed by atoms with Gasteiger partial charge in [0.25, 0.3) is 5.91 Å². The SMILES string of the molecule is CNC(=O)c1cnc(N)cc1Nc1ccccc1S(C)(=O)=O. The molecule has 0 unspecified atom stereocenters. The summed E-state index contributed by atoms with van der Waals surface area (Å²) in [6.45, 7) is 0. The van der Waals surface area contributed by atoms with Gasteiger partial charge in [-0.25, -0.2) is 13.4 Å². The molecule has 2 rings (SSSR count). The van der Waals surface area contributed by atoms with Crippen LogP contribution in [0, 0.1) is 0 Å². The average Bonchev–Trinajstić information content (AvgIpc) is 2.46. The number of benzene rings is 1. The van der Waals surface area contributed by atoms with Crippen molar-refractivity contribution < 1.29 is 13.2 Å². The highest BCUT2D eigenvalue weighted by atomic mass is 32.2. The number of nitrogen functional groups attached to an aromatic ring is 1. The Kier molecular flexibility index (Phi) is 4.32. The van der Waals surface area contributed by atoms with Gasteiger partial charge in [0.2, 0.25) is 0 Å². The van der Waals surface area contributed by atoms with E-state index in [9.17, 15) is 13.2 Å². The molecule has 2 aromatic rings. The molecular weight excluding hydrogens is 304 g/mol. The predicted molar refractivity (Wildman–Crippen MR) is 84.9 cm³/mol. The van der Waals surface area contributed by atoms with Crippen molar-refractivity contribution in [1.82, 2.24) is 10.3 Å². The maximum absolute atomic E-state index is 11.9. The Morgan fingerprint density at radius 3 is 2.55 bits per heavy atom. The third-order valence-corrected chi connectivity index (χ3v) is 4.11. The second kappa shape index (κ2) is 6.02. The average molecular weight is 320 g/mol. The van der Waals surface area contributed by atoms with Gasteiger partial charge in [0.05, 0.1) is 21.8 Å². The predicted octanol–water partition coefficient (Wildman–Crippen LogP) is 1.17. The third kappa shape index (κ3) is 3.34. The van der Waals surface area contributed by atoms with Gasteiger partial charge in [-0.2, -0.15) is 0 Å². The first-order chi connectivity index (χ1) is 10.3. The largest absolute Gasteiger partial charge is 0.384 e. The number of para-hydroxylation sites is 1. The lowest BCUT2D eigenvalue weighted by atomic mass is 10.2. The van der Waals surface area contributed by atoms with Gasteiger partial charge in [-0.15, -0.1) is 0 Å². The number of sulfone groups is 1. The summed E-state index contributed by atoms with van der Waals surface area (Å²) in [7, 11) is -1.92. The molecule has 1 heterocycles. The van der Waals surface area contributed by atoms with Gasteiger partial charge in [0, 0.05) is 25.6 Å². The van der Waals surface area contributed by atoms with Crippen LogP contribution < -0.4 is 16.4 Å². The molecule has 0 aliphatic heterocycles. The number of carbonyl (C=O) groups excluding carboxylic acids is 1. The molecule has 1 aromatic heterocycles. The molecule has 7 nitrogen and oxygen atoms in total. The first-order valence-corrected chi connectivity index (χ1v) is 8.26. The number of hydrogen-bond donors (Lipinski definition) is 3. The molecule has 4 N–H and O–H groups in total. The van der Waals surface area contributed by atoms with E-state index in [0.717, 1.165) is 6.26 Å². The van der Waals surface area contributed by atoms with E-state index in [1.807, 2.05) is 0 Å². The van der Waals surface area contributed by atoms with Gasteiger partial charge in [0.1, 0.15) is 5.82 Å². The molecule has 1 amide bonds. The van der Waals surface area contributed by atoms with Crippen LogP contribution in [0.15, 0.2) is 41.4 Å². The standard InChI is InChI=1S/C14H16N4O3S/c1-16-14(19)9-8-17-13(15)7-11(9)18-10-5-3-4-6-12(10)22(2,20)21/h3-8H,1-2H3,(H,16,19)(H3,15,17,18). The fourth-order valence-corrected chi connectivity index (χ4v) is 2.77. The maximum Gasteiger partial charge on any atom is 0.254 e. The van der Waals surface area contributed by atoms with Crippen molar-refractivity contribution in [1.29, 1.82) is 0 Å². The Bertz CT molecular complexity index is 819. The Morgan fingerprint density at radius 1 is 1.23 bits per heavy atom. The number of amides is 1. The van der Waals surface area contributed by atoms with Crippen molar-refractivity contribution in [2.75, 3.05) is 24.4 Å². The summed E-state index contributed by atoms with van der Waals surface area (Å²) in [6, 6.07) is 7.90. The zero-order valence-corrected chi connectivity index (χ0v) is 12.9. The summed E-state index contributed by atoms with van der Waals surface area (Å²) in [4.78, 5) is 15.9. The third-order valence-electron chi connectivity index (χ3n) is 2.95. The Morgan fingerprint density at radius 2 is 1.91 bits per heavy atom. The van der Waals surface area contributed by atoms with Crippen molar-refractivity contribution >= 4 is 32.9 Å². The summed E-state index contributed by atoms with van der Waals surface area (Å²) in [5, 5.41) is 5.44. The molecule has 1 aromatic carbocycles. The number of aromatic nitrogens is 1. The van der Waals surface area contributed by atoms with E-state index >= 15 is 0 Å². The van der Waals surface area contributed by atoms with E-state index in [2.05, 4.69) is 15.6 Å². The van der Waals surface area contributed by atoms with Crippen LogP contribution in [0.2, 0.25) is 0 Å². The minimum atomic E-state index is -3.41. The lowest BCUT2D eigenvalue weighted by molar-refractivity contribution is 0.0963. The number of nitrogens with two attached hydrogens (primary N) is 1. The fraction of sp³-hybridized carbons (Fsp3) is 0.143. The zero-order chi connectivity index (χ0) is 16.3. The summed E-state index contributed by atoms with van der Waals surface area (Å²) in [6.07, 6.45) is 2.45. The molecule has 0 aliphatic rings. The molecule has 8 heteroatoms. The van der Waals surface area contributed by atoms with E-state index < -0.39 is 9.84 Å². The van der Waals surface area contributed by atoms with Crippen LogP contribution >= 0.6 is 0 Å². The Hall–Kier alpha value is -2.61. The Balaban J connectivity index is 2.53. The minimum absolute atomic E-state index is 0.133. The number of anilines is 3. The Labute approximate surface area is 128 Å². The van der Waals surface area contributed by atoms with Gasteiger partial charge in [-0.05, 0) is 12.1 Å². The van der Waals surface area contributed by atoms with Crippen LogP contribution in [0.25, 0.3) is 0 Å². The van der Waals surface area contributed by atoms with Gasteiger partial charge < -0.3 is 16.4 Å². The number of hydrogen-bond acceptors (Lipinski definition) is 6. The number of pyridine rings is 1. The summed E-state index contributed by atoms with van der Waals surface area (Å²) < 4.78 is 23.7. The monoisotopic (exact) mass is 320 g/mol. The number of nitrogens with zero attached hydrogens (tertiary/aromatic N) is 1. The molecule has 0 aliphatic carbocycles. The van der Waals surface area contributed by atoms with E-state index in [-0.39, 0.29) is 22.2 Å². The van der Waals surface area contributed by atoms with E-state index in [1.54, 1.807) is 18.2 Å². The van der Waals surface area contributed by atoms with Crippen molar-refractivity contribution in [3.05, 3.63) is 42.1 Å². The topological polar surface area (TPSA) is 114 Å². The highest BCUT2D eigenvalue weighted by molar-refractivity contribution is 7.90. The summed E-state index contributed by atoms with van der Waals surface area (Å²) in [5.41, 5.74) is 6.65. The minimum Gasteiger partial charge on any atom is -0.384 e. The number of carbonyl (C=O) groups is 1. The second-order valence-corrected chi connectivity index (χ2v) is 6.61.